The number of benzene rings is 2. The first-order chi connectivity index (χ1) is 13.9. The van der Waals surface area contributed by atoms with Gasteiger partial charge in [0.2, 0.25) is 15.9 Å². The van der Waals surface area contributed by atoms with Crippen LogP contribution in [0, 0.1) is 0 Å². The summed E-state index contributed by atoms with van der Waals surface area (Å²) < 4.78 is 32.5. The SMILES string of the molecule is O=C(C[C@H]1Oc2ccccc2NC1=O)Nc1cccc(S(=O)(=O)N2CCCC2)c1. The summed E-state index contributed by atoms with van der Waals surface area (Å²) in [7, 11) is -3.57. The van der Waals surface area contributed by atoms with Crippen LogP contribution in [-0.2, 0) is 19.6 Å². The number of fused-ring (bicyclic) bond motifs is 1. The Hall–Kier alpha value is -2.91. The fourth-order valence-corrected chi connectivity index (χ4v) is 4.98. The predicted octanol–water partition coefficient (Wildman–Crippen LogP) is 2.20. The van der Waals surface area contributed by atoms with Gasteiger partial charge in [-0.25, -0.2) is 8.42 Å². The Morgan fingerprint density at radius 1 is 1.14 bits per heavy atom. The van der Waals surface area contributed by atoms with Gasteiger partial charge in [0, 0.05) is 18.8 Å². The fraction of sp³-hybridized carbons (Fsp3) is 0.300. The van der Waals surface area contributed by atoms with Crippen molar-refractivity contribution in [3.05, 3.63) is 48.5 Å². The van der Waals surface area contributed by atoms with Crippen molar-refractivity contribution in [1.29, 1.82) is 0 Å². The monoisotopic (exact) mass is 415 g/mol. The highest BCUT2D eigenvalue weighted by Crippen LogP contribution is 2.30. The molecule has 4 rings (SSSR count). The summed E-state index contributed by atoms with van der Waals surface area (Å²) in [4.78, 5) is 24.7. The van der Waals surface area contributed by atoms with Crippen LogP contribution in [0.2, 0.25) is 0 Å². The Labute approximate surface area is 168 Å². The van der Waals surface area contributed by atoms with Crippen LogP contribution in [0.3, 0.4) is 0 Å². The number of ether oxygens (including phenoxy) is 1. The van der Waals surface area contributed by atoms with Crippen molar-refractivity contribution in [3.63, 3.8) is 0 Å². The summed E-state index contributed by atoms with van der Waals surface area (Å²) in [5.41, 5.74) is 0.917. The lowest BCUT2D eigenvalue weighted by Crippen LogP contribution is -2.39. The molecule has 2 aromatic carbocycles. The number of amides is 2. The van der Waals surface area contributed by atoms with E-state index < -0.39 is 27.9 Å². The normalized spacial score (nSPS) is 19.2. The number of sulfonamides is 1. The third-order valence-corrected chi connectivity index (χ3v) is 6.79. The maximum atomic E-state index is 12.7. The number of rotatable bonds is 5. The van der Waals surface area contributed by atoms with Gasteiger partial charge < -0.3 is 15.4 Å². The number of para-hydroxylation sites is 2. The van der Waals surface area contributed by atoms with E-state index in [2.05, 4.69) is 10.6 Å². The van der Waals surface area contributed by atoms with E-state index in [4.69, 9.17) is 4.74 Å². The van der Waals surface area contributed by atoms with Gasteiger partial charge in [0.25, 0.3) is 5.91 Å². The predicted molar refractivity (Wildman–Crippen MR) is 107 cm³/mol. The molecule has 1 atom stereocenters. The molecule has 8 nitrogen and oxygen atoms in total. The standard InChI is InChI=1S/C20H21N3O5S/c24-19(13-18-20(25)22-16-8-1-2-9-17(16)28-18)21-14-6-5-7-15(12-14)29(26,27)23-10-3-4-11-23/h1-2,5-9,12,18H,3-4,10-11,13H2,(H,21,24)(H,22,25)/t18-/m1/s1. The van der Waals surface area contributed by atoms with Gasteiger partial charge in [-0.2, -0.15) is 4.31 Å². The summed E-state index contributed by atoms with van der Waals surface area (Å²) in [6.07, 6.45) is 0.551. The van der Waals surface area contributed by atoms with Crippen molar-refractivity contribution in [2.45, 2.75) is 30.3 Å². The topological polar surface area (TPSA) is 105 Å². The molecular weight excluding hydrogens is 394 g/mol. The average Bonchev–Trinajstić information content (AvgIpc) is 3.24. The molecule has 2 aromatic rings. The lowest BCUT2D eigenvalue weighted by atomic mass is 10.1. The van der Waals surface area contributed by atoms with Crippen molar-refractivity contribution < 1.29 is 22.7 Å². The molecule has 0 saturated carbocycles. The van der Waals surface area contributed by atoms with E-state index in [1.165, 1.54) is 16.4 Å². The largest absolute Gasteiger partial charge is 0.478 e. The maximum Gasteiger partial charge on any atom is 0.266 e. The number of anilines is 2. The van der Waals surface area contributed by atoms with E-state index in [1.807, 2.05) is 0 Å². The molecule has 0 unspecified atom stereocenters. The van der Waals surface area contributed by atoms with Crippen LogP contribution < -0.4 is 15.4 Å². The Morgan fingerprint density at radius 3 is 2.69 bits per heavy atom. The third-order valence-electron chi connectivity index (χ3n) is 4.90. The highest BCUT2D eigenvalue weighted by Gasteiger charge is 2.30. The minimum Gasteiger partial charge on any atom is -0.478 e. The zero-order valence-corrected chi connectivity index (χ0v) is 16.4. The van der Waals surface area contributed by atoms with Gasteiger partial charge in [0.05, 0.1) is 17.0 Å². The average molecular weight is 415 g/mol. The molecule has 2 heterocycles. The molecule has 9 heteroatoms. The van der Waals surface area contributed by atoms with Gasteiger partial charge in [0.15, 0.2) is 6.10 Å². The van der Waals surface area contributed by atoms with Crippen molar-refractivity contribution in [3.8, 4) is 5.75 Å². The minimum atomic E-state index is -3.57. The summed E-state index contributed by atoms with van der Waals surface area (Å²) >= 11 is 0. The first-order valence-electron chi connectivity index (χ1n) is 9.40. The molecule has 2 N–H and O–H groups in total. The van der Waals surface area contributed by atoms with Gasteiger partial charge in [-0.05, 0) is 43.2 Å². The van der Waals surface area contributed by atoms with Crippen LogP contribution >= 0.6 is 0 Å². The molecule has 1 fully saturated rings. The molecule has 0 aliphatic carbocycles. The number of hydrogen-bond acceptors (Lipinski definition) is 5. The van der Waals surface area contributed by atoms with Gasteiger partial charge >= 0.3 is 0 Å². The quantitative estimate of drug-likeness (QED) is 0.779. The Morgan fingerprint density at radius 2 is 1.90 bits per heavy atom. The molecule has 0 aromatic heterocycles. The molecule has 2 aliphatic rings. The summed E-state index contributed by atoms with van der Waals surface area (Å²) in [6.45, 7) is 1.02. The first kappa shape index (κ1) is 19.4. The van der Waals surface area contributed by atoms with Crippen LogP contribution in [0.25, 0.3) is 0 Å². The van der Waals surface area contributed by atoms with E-state index >= 15 is 0 Å². The van der Waals surface area contributed by atoms with Crippen LogP contribution in [0.1, 0.15) is 19.3 Å². The highest BCUT2D eigenvalue weighted by atomic mass is 32.2. The number of nitrogens with zero attached hydrogens (tertiary/aromatic N) is 1. The molecule has 2 amide bonds. The third kappa shape index (κ3) is 4.10. The smallest absolute Gasteiger partial charge is 0.266 e. The molecule has 2 aliphatic heterocycles. The second-order valence-electron chi connectivity index (χ2n) is 6.98. The van der Waals surface area contributed by atoms with E-state index in [1.54, 1.807) is 36.4 Å². The van der Waals surface area contributed by atoms with Gasteiger partial charge in [-0.15, -0.1) is 0 Å². The first-order valence-corrected chi connectivity index (χ1v) is 10.8. The van der Waals surface area contributed by atoms with E-state index in [9.17, 15) is 18.0 Å². The van der Waals surface area contributed by atoms with Crippen molar-refractivity contribution in [2.75, 3.05) is 23.7 Å². The Balaban J connectivity index is 1.43. The van der Waals surface area contributed by atoms with Crippen molar-refractivity contribution in [2.24, 2.45) is 0 Å². The number of carbonyl (C=O) groups is 2. The molecule has 0 bridgehead atoms. The highest BCUT2D eigenvalue weighted by molar-refractivity contribution is 7.89. The van der Waals surface area contributed by atoms with E-state index in [0.29, 0.717) is 30.2 Å². The lowest BCUT2D eigenvalue weighted by Gasteiger charge is -2.25. The molecule has 1 saturated heterocycles. The summed E-state index contributed by atoms with van der Waals surface area (Å²) in [6, 6.07) is 13.1. The van der Waals surface area contributed by atoms with E-state index in [0.717, 1.165) is 12.8 Å². The zero-order chi connectivity index (χ0) is 20.4. The second kappa shape index (κ2) is 7.84. The molecule has 0 radical (unpaired) electrons. The number of nitrogens with one attached hydrogen (secondary N) is 2. The Bertz CT molecular complexity index is 1050. The summed E-state index contributed by atoms with van der Waals surface area (Å²) in [5, 5.41) is 5.37. The minimum absolute atomic E-state index is 0.137. The number of hydrogen-bond donors (Lipinski definition) is 2. The number of carbonyl (C=O) groups excluding carboxylic acids is 2. The van der Waals surface area contributed by atoms with Crippen molar-refractivity contribution in [1.82, 2.24) is 4.31 Å². The Kier molecular flexibility index (Phi) is 5.25. The zero-order valence-electron chi connectivity index (χ0n) is 15.6. The molecule has 0 spiro atoms. The fourth-order valence-electron chi connectivity index (χ4n) is 3.42. The molecule has 152 valence electrons. The molecule has 29 heavy (non-hydrogen) atoms. The summed E-state index contributed by atoms with van der Waals surface area (Å²) in [5.74, 6) is -0.340. The second-order valence-corrected chi connectivity index (χ2v) is 8.92. The van der Waals surface area contributed by atoms with Crippen LogP contribution in [0.15, 0.2) is 53.4 Å². The van der Waals surface area contributed by atoms with Crippen LogP contribution in [0.5, 0.6) is 5.75 Å². The lowest BCUT2D eigenvalue weighted by molar-refractivity contribution is -0.128. The van der Waals surface area contributed by atoms with Gasteiger partial charge in [-0.3, -0.25) is 9.59 Å². The van der Waals surface area contributed by atoms with E-state index in [-0.39, 0.29) is 11.3 Å². The van der Waals surface area contributed by atoms with Gasteiger partial charge in [0.1, 0.15) is 5.75 Å². The van der Waals surface area contributed by atoms with Gasteiger partial charge in [-0.1, -0.05) is 18.2 Å². The van der Waals surface area contributed by atoms with Crippen LogP contribution in [0.4, 0.5) is 11.4 Å². The van der Waals surface area contributed by atoms with Crippen LogP contribution in [-0.4, -0.2) is 43.7 Å². The maximum absolute atomic E-state index is 12.7. The molecular formula is C20H21N3O5S. The van der Waals surface area contributed by atoms with Crippen molar-refractivity contribution >= 4 is 33.2 Å².